The molecular formula is C14H18N4O. The van der Waals surface area contributed by atoms with Crippen molar-refractivity contribution in [2.75, 3.05) is 5.73 Å². The molecule has 0 radical (unpaired) electrons. The first-order valence-electron chi connectivity index (χ1n) is 6.18. The number of aromatic nitrogens is 2. The second-order valence-electron chi connectivity index (χ2n) is 4.67. The summed E-state index contributed by atoms with van der Waals surface area (Å²) >= 11 is 0. The fourth-order valence-corrected chi connectivity index (χ4v) is 1.84. The molecule has 0 saturated carbocycles. The van der Waals surface area contributed by atoms with Gasteiger partial charge in [-0.25, -0.2) is 0 Å². The van der Waals surface area contributed by atoms with Gasteiger partial charge in [0.25, 0.3) is 0 Å². The number of carbonyl (C=O) groups is 1. The lowest BCUT2D eigenvalue weighted by molar-refractivity contribution is -0.122. The number of hydrogen-bond acceptors (Lipinski definition) is 3. The average Bonchev–Trinajstić information content (AvgIpc) is 2.75. The average molecular weight is 258 g/mol. The van der Waals surface area contributed by atoms with Gasteiger partial charge in [0.1, 0.15) is 6.54 Å². The number of hydrogen-bond donors (Lipinski definition) is 2. The largest absolute Gasteiger partial charge is 0.396 e. The zero-order valence-corrected chi connectivity index (χ0v) is 11.1. The van der Waals surface area contributed by atoms with Gasteiger partial charge in [-0.05, 0) is 19.4 Å². The SMILES string of the molecule is Cc1ccc(C(C)NC(=O)Cn2cc(N)cn2)cc1. The lowest BCUT2D eigenvalue weighted by Gasteiger charge is -2.14. The van der Waals surface area contributed by atoms with Gasteiger partial charge in [-0.1, -0.05) is 29.8 Å². The topological polar surface area (TPSA) is 72.9 Å². The van der Waals surface area contributed by atoms with Crippen LogP contribution in [0.2, 0.25) is 0 Å². The number of nitrogen functional groups attached to an aromatic ring is 1. The second kappa shape index (κ2) is 5.56. The van der Waals surface area contributed by atoms with Crippen molar-refractivity contribution in [2.24, 2.45) is 0 Å². The van der Waals surface area contributed by atoms with Gasteiger partial charge in [0.05, 0.1) is 17.9 Å². The van der Waals surface area contributed by atoms with Gasteiger partial charge >= 0.3 is 0 Å². The van der Waals surface area contributed by atoms with Crippen LogP contribution in [0.1, 0.15) is 24.1 Å². The van der Waals surface area contributed by atoms with Crippen molar-refractivity contribution in [2.45, 2.75) is 26.4 Å². The molecule has 3 N–H and O–H groups in total. The van der Waals surface area contributed by atoms with Crippen molar-refractivity contribution < 1.29 is 4.79 Å². The van der Waals surface area contributed by atoms with Crippen molar-refractivity contribution in [3.05, 3.63) is 47.8 Å². The zero-order valence-electron chi connectivity index (χ0n) is 11.1. The summed E-state index contributed by atoms with van der Waals surface area (Å²) in [6.07, 6.45) is 3.16. The van der Waals surface area contributed by atoms with Gasteiger partial charge in [-0.2, -0.15) is 5.10 Å². The van der Waals surface area contributed by atoms with Crippen molar-refractivity contribution in [1.29, 1.82) is 0 Å². The zero-order chi connectivity index (χ0) is 13.8. The van der Waals surface area contributed by atoms with Crippen LogP contribution in [-0.2, 0) is 11.3 Å². The number of carbonyl (C=O) groups excluding carboxylic acids is 1. The Balaban J connectivity index is 1.93. The first-order valence-corrected chi connectivity index (χ1v) is 6.18. The monoisotopic (exact) mass is 258 g/mol. The molecule has 1 unspecified atom stereocenters. The van der Waals surface area contributed by atoms with Crippen LogP contribution in [0.3, 0.4) is 0 Å². The van der Waals surface area contributed by atoms with Gasteiger partial charge in [0.2, 0.25) is 5.91 Å². The first-order chi connectivity index (χ1) is 9.04. The molecule has 0 aliphatic rings. The molecule has 1 amide bonds. The maximum Gasteiger partial charge on any atom is 0.242 e. The number of nitrogens with one attached hydrogen (secondary N) is 1. The van der Waals surface area contributed by atoms with Gasteiger partial charge in [0.15, 0.2) is 0 Å². The molecule has 19 heavy (non-hydrogen) atoms. The minimum absolute atomic E-state index is 0.0268. The molecule has 0 saturated heterocycles. The Morgan fingerprint density at radius 3 is 2.68 bits per heavy atom. The first kappa shape index (κ1) is 13.1. The van der Waals surface area contributed by atoms with Crippen LogP contribution in [0.4, 0.5) is 5.69 Å². The molecule has 5 heteroatoms. The predicted molar refractivity (Wildman–Crippen MR) is 74.4 cm³/mol. The van der Waals surface area contributed by atoms with Crippen molar-refractivity contribution in [1.82, 2.24) is 15.1 Å². The normalized spacial score (nSPS) is 12.1. The number of anilines is 1. The summed E-state index contributed by atoms with van der Waals surface area (Å²) in [5, 5.41) is 6.91. The molecule has 1 aromatic heterocycles. The molecule has 1 aromatic carbocycles. The van der Waals surface area contributed by atoms with E-state index in [1.807, 2.05) is 38.1 Å². The van der Waals surface area contributed by atoms with E-state index in [2.05, 4.69) is 10.4 Å². The fourth-order valence-electron chi connectivity index (χ4n) is 1.84. The van der Waals surface area contributed by atoms with Crippen molar-refractivity contribution in [3.63, 3.8) is 0 Å². The minimum Gasteiger partial charge on any atom is -0.396 e. The highest BCUT2D eigenvalue weighted by molar-refractivity contribution is 5.76. The lowest BCUT2D eigenvalue weighted by Crippen LogP contribution is -2.30. The molecule has 0 fully saturated rings. The van der Waals surface area contributed by atoms with Gasteiger partial charge in [-0.3, -0.25) is 9.48 Å². The van der Waals surface area contributed by atoms with Gasteiger partial charge in [-0.15, -0.1) is 0 Å². The Hall–Kier alpha value is -2.30. The summed E-state index contributed by atoms with van der Waals surface area (Å²) in [6, 6.07) is 8.08. The quantitative estimate of drug-likeness (QED) is 0.875. The molecule has 100 valence electrons. The Labute approximate surface area is 112 Å². The van der Waals surface area contributed by atoms with E-state index in [0.717, 1.165) is 5.56 Å². The van der Waals surface area contributed by atoms with Crippen LogP contribution in [-0.4, -0.2) is 15.7 Å². The molecular weight excluding hydrogens is 240 g/mol. The number of amides is 1. The third-order valence-electron chi connectivity index (χ3n) is 2.91. The van der Waals surface area contributed by atoms with Crippen molar-refractivity contribution >= 4 is 11.6 Å². The van der Waals surface area contributed by atoms with E-state index >= 15 is 0 Å². The summed E-state index contributed by atoms with van der Waals surface area (Å²) in [5.74, 6) is -0.0869. The van der Waals surface area contributed by atoms with Crippen LogP contribution in [0, 0.1) is 6.92 Å². The Kier molecular flexibility index (Phi) is 3.85. The molecule has 2 aromatic rings. The number of nitrogens with zero attached hydrogens (tertiary/aromatic N) is 2. The van der Waals surface area contributed by atoms with E-state index in [1.165, 1.54) is 16.4 Å². The summed E-state index contributed by atoms with van der Waals surface area (Å²) < 4.78 is 1.52. The third kappa shape index (κ3) is 3.58. The van der Waals surface area contributed by atoms with Crippen LogP contribution in [0.15, 0.2) is 36.7 Å². The summed E-state index contributed by atoms with van der Waals surface area (Å²) in [6.45, 7) is 4.17. The Morgan fingerprint density at radius 1 is 1.42 bits per heavy atom. The van der Waals surface area contributed by atoms with Crippen LogP contribution >= 0.6 is 0 Å². The molecule has 0 spiro atoms. The highest BCUT2D eigenvalue weighted by atomic mass is 16.2. The number of aryl methyl sites for hydroxylation is 1. The summed E-state index contributed by atoms with van der Waals surface area (Å²) in [7, 11) is 0. The van der Waals surface area contributed by atoms with Gasteiger partial charge < -0.3 is 11.1 Å². The standard InChI is InChI=1S/C14H18N4O/c1-10-3-5-12(6-4-10)11(2)17-14(19)9-18-8-13(15)7-16-18/h3-8,11H,9,15H2,1-2H3,(H,17,19). The Morgan fingerprint density at radius 2 is 2.11 bits per heavy atom. The molecule has 0 aliphatic carbocycles. The van der Waals surface area contributed by atoms with E-state index in [4.69, 9.17) is 5.73 Å². The highest BCUT2D eigenvalue weighted by Crippen LogP contribution is 2.12. The molecule has 1 heterocycles. The third-order valence-corrected chi connectivity index (χ3v) is 2.91. The molecule has 0 aliphatic heterocycles. The molecule has 5 nitrogen and oxygen atoms in total. The summed E-state index contributed by atoms with van der Waals surface area (Å²) in [4.78, 5) is 11.9. The van der Waals surface area contributed by atoms with Crippen molar-refractivity contribution in [3.8, 4) is 0 Å². The second-order valence-corrected chi connectivity index (χ2v) is 4.67. The molecule has 1 atom stereocenters. The maximum absolute atomic E-state index is 11.9. The van der Waals surface area contributed by atoms with Gasteiger partial charge in [0, 0.05) is 6.20 Å². The molecule has 0 bridgehead atoms. The van der Waals surface area contributed by atoms with E-state index in [0.29, 0.717) is 5.69 Å². The van der Waals surface area contributed by atoms with E-state index in [9.17, 15) is 4.79 Å². The maximum atomic E-state index is 11.9. The van der Waals surface area contributed by atoms with E-state index in [-0.39, 0.29) is 18.5 Å². The van der Waals surface area contributed by atoms with E-state index in [1.54, 1.807) is 6.20 Å². The number of rotatable bonds is 4. The number of nitrogens with two attached hydrogens (primary N) is 1. The summed E-state index contributed by atoms with van der Waals surface area (Å²) in [5.41, 5.74) is 8.39. The highest BCUT2D eigenvalue weighted by Gasteiger charge is 2.10. The lowest BCUT2D eigenvalue weighted by atomic mass is 10.1. The molecule has 2 rings (SSSR count). The predicted octanol–water partition coefficient (Wildman–Crippen LogP) is 1.65. The van der Waals surface area contributed by atoms with Crippen LogP contribution in [0.5, 0.6) is 0 Å². The van der Waals surface area contributed by atoms with Crippen LogP contribution in [0.25, 0.3) is 0 Å². The van der Waals surface area contributed by atoms with E-state index < -0.39 is 0 Å². The smallest absolute Gasteiger partial charge is 0.242 e. The van der Waals surface area contributed by atoms with Crippen LogP contribution < -0.4 is 11.1 Å². The Bertz CT molecular complexity index is 559. The number of benzene rings is 1. The fraction of sp³-hybridized carbons (Fsp3) is 0.286. The minimum atomic E-state index is -0.0869.